The lowest BCUT2D eigenvalue weighted by molar-refractivity contribution is -0.132. The number of amides is 1. The molecule has 2 aromatic rings. The van der Waals surface area contributed by atoms with Crippen molar-refractivity contribution in [1.29, 1.82) is 0 Å². The molecule has 5 heteroatoms. The van der Waals surface area contributed by atoms with Gasteiger partial charge in [0.1, 0.15) is 5.54 Å². The van der Waals surface area contributed by atoms with Gasteiger partial charge in [-0.2, -0.15) is 0 Å². The Kier molecular flexibility index (Phi) is 3.43. The monoisotopic (exact) mass is 350 g/mol. The lowest BCUT2D eigenvalue weighted by atomic mass is 9.88. The number of nitrogens with zero attached hydrogens (tertiary/aromatic N) is 4. The van der Waals surface area contributed by atoms with E-state index in [1.807, 2.05) is 12.3 Å². The second kappa shape index (κ2) is 5.60. The van der Waals surface area contributed by atoms with Crippen LogP contribution in [0.2, 0.25) is 0 Å². The molecule has 5 rings (SSSR count). The number of aromatic nitrogens is 2. The van der Waals surface area contributed by atoms with Gasteiger partial charge in [-0.15, -0.1) is 0 Å². The standard InChI is InChI=1S/C21H26N4O/c1-3-10-25-17-6-4-9-22-19(17)24-11-5-7-18(24)21(25)8-12-23(14-21)20(26)16-13-15(16)2/h4-7,9,11,15-16H,3,8,10,12-14H2,1-2H3/t15-,16+,21-/m1/s1. The number of fused-ring (bicyclic) bond motifs is 4. The molecule has 2 aliphatic heterocycles. The van der Waals surface area contributed by atoms with Crippen LogP contribution < -0.4 is 4.90 Å². The van der Waals surface area contributed by atoms with Gasteiger partial charge in [-0.3, -0.25) is 4.79 Å². The van der Waals surface area contributed by atoms with Gasteiger partial charge >= 0.3 is 0 Å². The van der Waals surface area contributed by atoms with Crippen LogP contribution >= 0.6 is 0 Å². The summed E-state index contributed by atoms with van der Waals surface area (Å²) in [5, 5.41) is 0. The Labute approximate surface area is 154 Å². The first-order chi connectivity index (χ1) is 12.7. The largest absolute Gasteiger partial charge is 0.355 e. The zero-order chi connectivity index (χ0) is 17.9. The molecule has 2 aromatic heterocycles. The molecule has 0 radical (unpaired) electrons. The molecule has 4 heterocycles. The first kappa shape index (κ1) is 15.9. The fourth-order valence-corrected chi connectivity index (χ4v) is 4.97. The Bertz CT molecular complexity index is 859. The third-order valence-corrected chi connectivity index (χ3v) is 6.46. The molecule has 136 valence electrons. The van der Waals surface area contributed by atoms with E-state index in [4.69, 9.17) is 0 Å². The Morgan fingerprint density at radius 3 is 2.96 bits per heavy atom. The van der Waals surface area contributed by atoms with E-state index in [9.17, 15) is 4.79 Å². The molecule has 26 heavy (non-hydrogen) atoms. The fourth-order valence-electron chi connectivity index (χ4n) is 4.97. The van der Waals surface area contributed by atoms with Crippen LogP contribution in [-0.4, -0.2) is 40.0 Å². The first-order valence-corrected chi connectivity index (χ1v) is 9.85. The summed E-state index contributed by atoms with van der Waals surface area (Å²) >= 11 is 0. The van der Waals surface area contributed by atoms with E-state index in [1.165, 1.54) is 11.4 Å². The zero-order valence-corrected chi connectivity index (χ0v) is 15.6. The van der Waals surface area contributed by atoms with Crippen molar-refractivity contribution in [3.63, 3.8) is 0 Å². The maximum absolute atomic E-state index is 12.9. The summed E-state index contributed by atoms with van der Waals surface area (Å²) in [6.45, 7) is 7.02. The van der Waals surface area contributed by atoms with Crippen molar-refractivity contribution in [3.05, 3.63) is 42.4 Å². The van der Waals surface area contributed by atoms with Crippen LogP contribution in [-0.2, 0) is 10.3 Å². The Hall–Kier alpha value is -2.30. The average Bonchev–Trinajstić information content (AvgIpc) is 3.05. The maximum Gasteiger partial charge on any atom is 0.226 e. The average molecular weight is 350 g/mol. The summed E-state index contributed by atoms with van der Waals surface area (Å²) < 4.78 is 2.23. The van der Waals surface area contributed by atoms with Crippen molar-refractivity contribution in [2.45, 2.75) is 38.6 Å². The number of hydrogen-bond acceptors (Lipinski definition) is 3. The van der Waals surface area contributed by atoms with E-state index in [2.05, 4.69) is 57.6 Å². The van der Waals surface area contributed by atoms with E-state index >= 15 is 0 Å². The summed E-state index contributed by atoms with van der Waals surface area (Å²) in [6, 6.07) is 8.52. The van der Waals surface area contributed by atoms with Crippen molar-refractivity contribution in [2.75, 3.05) is 24.5 Å². The number of rotatable bonds is 3. The molecule has 0 bridgehead atoms. The van der Waals surface area contributed by atoms with E-state index < -0.39 is 0 Å². The van der Waals surface area contributed by atoms with Gasteiger partial charge in [-0.05, 0) is 49.4 Å². The molecule has 5 nitrogen and oxygen atoms in total. The van der Waals surface area contributed by atoms with Gasteiger partial charge in [0.15, 0.2) is 5.82 Å². The highest BCUT2D eigenvalue weighted by atomic mass is 16.2. The van der Waals surface area contributed by atoms with E-state index in [0.717, 1.165) is 44.7 Å². The Morgan fingerprint density at radius 2 is 2.19 bits per heavy atom. The summed E-state index contributed by atoms with van der Waals surface area (Å²) in [5.41, 5.74) is 2.33. The minimum absolute atomic E-state index is 0.136. The number of carbonyl (C=O) groups excluding carboxylic acids is 1. The molecule has 2 fully saturated rings. The predicted octanol–water partition coefficient (Wildman–Crippen LogP) is 3.19. The third-order valence-electron chi connectivity index (χ3n) is 6.46. The molecule has 1 amide bonds. The summed E-state index contributed by atoms with van der Waals surface area (Å²) in [4.78, 5) is 22.2. The fraction of sp³-hybridized carbons (Fsp3) is 0.524. The number of carbonyl (C=O) groups is 1. The second-order valence-electron chi connectivity index (χ2n) is 8.12. The minimum atomic E-state index is -0.136. The quantitative estimate of drug-likeness (QED) is 0.854. The van der Waals surface area contributed by atoms with Crippen molar-refractivity contribution < 1.29 is 4.79 Å². The van der Waals surface area contributed by atoms with Crippen LogP contribution in [0.4, 0.5) is 5.69 Å². The normalized spacial score (nSPS) is 29.0. The van der Waals surface area contributed by atoms with E-state index in [0.29, 0.717) is 11.8 Å². The highest BCUT2D eigenvalue weighted by Crippen LogP contribution is 2.48. The number of anilines is 1. The number of hydrogen-bond donors (Lipinski definition) is 0. The molecule has 0 aromatic carbocycles. The van der Waals surface area contributed by atoms with Gasteiger partial charge in [0.05, 0.1) is 11.4 Å². The zero-order valence-electron chi connectivity index (χ0n) is 15.6. The van der Waals surface area contributed by atoms with E-state index in [1.54, 1.807) is 0 Å². The molecule has 3 aliphatic rings. The van der Waals surface area contributed by atoms with Gasteiger partial charge in [0.2, 0.25) is 5.91 Å². The van der Waals surface area contributed by atoms with Gasteiger partial charge in [0, 0.05) is 37.9 Å². The third kappa shape index (κ3) is 2.09. The molecule has 1 saturated heterocycles. The lowest BCUT2D eigenvalue weighted by Crippen LogP contribution is -2.53. The molecule has 0 unspecified atom stereocenters. The van der Waals surface area contributed by atoms with Crippen LogP contribution in [0.15, 0.2) is 36.7 Å². The minimum Gasteiger partial charge on any atom is -0.355 e. The summed E-state index contributed by atoms with van der Waals surface area (Å²) in [7, 11) is 0. The van der Waals surface area contributed by atoms with Gasteiger partial charge < -0.3 is 14.4 Å². The molecule has 1 spiro atoms. The maximum atomic E-state index is 12.9. The molecular weight excluding hydrogens is 324 g/mol. The SMILES string of the molecule is CCCN1c2cccnc2-n2cccc2[C@]12CCN(C(=O)[C@H]1C[C@H]1C)C2. The van der Waals surface area contributed by atoms with Gasteiger partial charge in [0.25, 0.3) is 0 Å². The van der Waals surface area contributed by atoms with Gasteiger partial charge in [-0.1, -0.05) is 13.8 Å². The summed E-state index contributed by atoms with van der Waals surface area (Å²) in [5.74, 6) is 2.19. The second-order valence-corrected chi connectivity index (χ2v) is 8.12. The molecule has 1 aliphatic carbocycles. The van der Waals surface area contributed by atoms with Crippen molar-refractivity contribution in [2.24, 2.45) is 11.8 Å². The van der Waals surface area contributed by atoms with Crippen molar-refractivity contribution in [1.82, 2.24) is 14.5 Å². The topological polar surface area (TPSA) is 41.4 Å². The first-order valence-electron chi connectivity index (χ1n) is 9.85. The molecule has 0 N–H and O–H groups in total. The number of pyridine rings is 1. The predicted molar refractivity (Wildman–Crippen MR) is 101 cm³/mol. The molecular formula is C21H26N4O. The van der Waals surface area contributed by atoms with Crippen molar-refractivity contribution in [3.8, 4) is 5.82 Å². The molecule has 1 saturated carbocycles. The Morgan fingerprint density at radius 1 is 1.35 bits per heavy atom. The Balaban J connectivity index is 1.58. The van der Waals surface area contributed by atoms with Crippen LogP contribution in [0.3, 0.4) is 0 Å². The highest BCUT2D eigenvalue weighted by Gasteiger charge is 2.52. The molecule has 3 atom stereocenters. The highest BCUT2D eigenvalue weighted by molar-refractivity contribution is 5.82. The van der Waals surface area contributed by atoms with Crippen LogP contribution in [0.25, 0.3) is 5.82 Å². The van der Waals surface area contributed by atoms with Gasteiger partial charge in [-0.25, -0.2) is 4.98 Å². The smallest absolute Gasteiger partial charge is 0.226 e. The van der Waals surface area contributed by atoms with E-state index in [-0.39, 0.29) is 11.5 Å². The summed E-state index contributed by atoms with van der Waals surface area (Å²) in [6.07, 6.45) is 7.09. The lowest BCUT2D eigenvalue weighted by Gasteiger charge is -2.47. The number of likely N-dealkylation sites (tertiary alicyclic amines) is 1. The van der Waals surface area contributed by atoms with Crippen LogP contribution in [0.1, 0.15) is 38.8 Å². The van der Waals surface area contributed by atoms with Crippen LogP contribution in [0, 0.1) is 11.8 Å². The van der Waals surface area contributed by atoms with Crippen molar-refractivity contribution >= 4 is 11.6 Å². The van der Waals surface area contributed by atoms with Crippen LogP contribution in [0.5, 0.6) is 0 Å².